The summed E-state index contributed by atoms with van der Waals surface area (Å²) in [4.78, 5) is 18.1. The first-order valence-electron chi connectivity index (χ1n) is 7.57. The Kier molecular flexibility index (Phi) is 5.92. The van der Waals surface area contributed by atoms with E-state index in [1.165, 1.54) is 5.56 Å². The molecule has 0 saturated heterocycles. The highest BCUT2D eigenvalue weighted by Gasteiger charge is 2.09. The number of aromatic nitrogens is 1. The van der Waals surface area contributed by atoms with Gasteiger partial charge in [0.2, 0.25) is 5.91 Å². The van der Waals surface area contributed by atoms with Crippen molar-refractivity contribution in [2.24, 2.45) is 0 Å². The Bertz CT molecular complexity index is 681. The van der Waals surface area contributed by atoms with Gasteiger partial charge in [0, 0.05) is 37.6 Å². The third-order valence-electron chi connectivity index (χ3n) is 3.73. The third-order valence-corrected chi connectivity index (χ3v) is 3.73. The molecular formula is C19H22N2O2. The van der Waals surface area contributed by atoms with Crippen LogP contribution in [0.5, 0.6) is 5.75 Å². The summed E-state index contributed by atoms with van der Waals surface area (Å²) in [6, 6.07) is 11.6. The maximum absolute atomic E-state index is 12.3. The molecule has 0 atom stereocenters. The van der Waals surface area contributed by atoms with Crippen LogP contribution < -0.4 is 4.74 Å². The molecule has 0 unspecified atom stereocenters. The van der Waals surface area contributed by atoms with Crippen molar-refractivity contribution >= 4 is 11.5 Å². The molecule has 0 saturated carbocycles. The number of ether oxygens (including phenoxy) is 1. The Morgan fingerprint density at radius 1 is 1.22 bits per heavy atom. The number of hydrogen-bond donors (Lipinski definition) is 0. The van der Waals surface area contributed by atoms with E-state index in [2.05, 4.69) is 4.98 Å². The zero-order chi connectivity index (χ0) is 16.7. The lowest BCUT2D eigenvalue weighted by atomic mass is 10.1. The molecule has 0 aliphatic rings. The second kappa shape index (κ2) is 8.13. The van der Waals surface area contributed by atoms with Crippen molar-refractivity contribution in [1.82, 2.24) is 9.88 Å². The summed E-state index contributed by atoms with van der Waals surface area (Å²) in [5.41, 5.74) is 3.00. The summed E-state index contributed by atoms with van der Waals surface area (Å²) in [6.07, 6.45) is 6.00. The van der Waals surface area contributed by atoms with Crippen LogP contribution in [0.4, 0.5) is 0 Å². The van der Waals surface area contributed by atoms with E-state index < -0.39 is 0 Å². The Morgan fingerprint density at radius 2 is 1.91 bits per heavy atom. The molecule has 0 spiro atoms. The van der Waals surface area contributed by atoms with Crippen LogP contribution in [-0.4, -0.2) is 36.5 Å². The lowest BCUT2D eigenvalue weighted by Gasteiger charge is -2.16. The van der Waals surface area contributed by atoms with Crippen LogP contribution in [0.15, 0.2) is 54.9 Å². The molecule has 0 aliphatic carbocycles. The molecule has 2 rings (SSSR count). The fourth-order valence-electron chi connectivity index (χ4n) is 2.30. The van der Waals surface area contributed by atoms with Crippen molar-refractivity contribution in [2.75, 3.05) is 20.7 Å². The summed E-state index contributed by atoms with van der Waals surface area (Å²) < 4.78 is 5.34. The summed E-state index contributed by atoms with van der Waals surface area (Å²) in [6.45, 7) is 2.59. The van der Waals surface area contributed by atoms with Crippen molar-refractivity contribution in [2.45, 2.75) is 13.3 Å². The van der Waals surface area contributed by atoms with Gasteiger partial charge >= 0.3 is 0 Å². The van der Waals surface area contributed by atoms with Crippen molar-refractivity contribution in [3.8, 4) is 5.75 Å². The number of benzene rings is 1. The molecule has 2 aromatic rings. The minimum atomic E-state index is -0.0116. The second-order valence-corrected chi connectivity index (χ2v) is 5.39. The Hall–Kier alpha value is -2.62. The highest BCUT2D eigenvalue weighted by molar-refractivity contribution is 5.95. The number of nitrogens with zero attached hydrogens (tertiary/aromatic N) is 2. The van der Waals surface area contributed by atoms with Crippen molar-refractivity contribution in [1.29, 1.82) is 0 Å². The van der Waals surface area contributed by atoms with Crippen molar-refractivity contribution in [3.05, 3.63) is 66.0 Å². The molecule has 1 aromatic heterocycles. The maximum atomic E-state index is 12.3. The van der Waals surface area contributed by atoms with Crippen molar-refractivity contribution < 1.29 is 9.53 Å². The average Bonchev–Trinajstić information content (AvgIpc) is 2.60. The minimum Gasteiger partial charge on any atom is -0.496 e. The van der Waals surface area contributed by atoms with Gasteiger partial charge in [0.05, 0.1) is 7.11 Å². The van der Waals surface area contributed by atoms with Crippen LogP contribution in [0.25, 0.3) is 5.57 Å². The van der Waals surface area contributed by atoms with E-state index in [1.807, 2.05) is 50.4 Å². The number of amides is 1. The van der Waals surface area contributed by atoms with Crippen LogP contribution in [0.1, 0.15) is 18.1 Å². The van der Waals surface area contributed by atoms with Gasteiger partial charge in [0.15, 0.2) is 0 Å². The number of rotatable bonds is 6. The normalized spacial score (nSPS) is 11.2. The number of hydrogen-bond acceptors (Lipinski definition) is 3. The molecule has 0 aliphatic heterocycles. The fraction of sp³-hybridized carbons (Fsp3) is 0.263. The molecule has 0 radical (unpaired) electrons. The first-order valence-corrected chi connectivity index (χ1v) is 7.57. The molecule has 1 amide bonds. The number of carbonyl (C=O) groups excluding carboxylic acids is 1. The molecule has 23 heavy (non-hydrogen) atoms. The quantitative estimate of drug-likeness (QED) is 0.770. The van der Waals surface area contributed by atoms with Crippen LogP contribution in [0.3, 0.4) is 0 Å². The molecule has 120 valence electrons. The monoisotopic (exact) mass is 310 g/mol. The van der Waals surface area contributed by atoms with E-state index in [-0.39, 0.29) is 5.91 Å². The third kappa shape index (κ3) is 4.68. The largest absolute Gasteiger partial charge is 0.496 e. The standard InChI is InChI=1S/C19H22N2O2/c1-15(17-6-4-5-7-18(17)23-3)14-19(22)21(2)13-10-16-8-11-20-12-9-16/h4-9,11-12,14H,10,13H2,1-3H3/b15-14-. The van der Waals surface area contributed by atoms with Crippen LogP contribution >= 0.6 is 0 Å². The molecule has 4 nitrogen and oxygen atoms in total. The zero-order valence-corrected chi connectivity index (χ0v) is 13.8. The summed E-state index contributed by atoms with van der Waals surface area (Å²) in [5.74, 6) is 0.760. The highest BCUT2D eigenvalue weighted by Crippen LogP contribution is 2.25. The smallest absolute Gasteiger partial charge is 0.246 e. The molecule has 0 bridgehead atoms. The average molecular weight is 310 g/mol. The number of pyridine rings is 1. The summed E-state index contributed by atoms with van der Waals surface area (Å²) in [7, 11) is 3.45. The molecular weight excluding hydrogens is 288 g/mol. The number of carbonyl (C=O) groups is 1. The lowest BCUT2D eigenvalue weighted by molar-refractivity contribution is -0.124. The topological polar surface area (TPSA) is 42.4 Å². The van der Waals surface area contributed by atoms with Gasteiger partial charge in [-0.15, -0.1) is 0 Å². The first-order chi connectivity index (χ1) is 11.1. The van der Waals surface area contributed by atoms with Gasteiger partial charge in [-0.05, 0) is 42.7 Å². The van der Waals surface area contributed by atoms with E-state index in [9.17, 15) is 4.79 Å². The van der Waals surface area contributed by atoms with Gasteiger partial charge in [0.25, 0.3) is 0 Å². The highest BCUT2D eigenvalue weighted by atomic mass is 16.5. The van der Waals surface area contributed by atoms with Crippen LogP contribution in [0.2, 0.25) is 0 Å². The molecule has 0 N–H and O–H groups in total. The van der Waals surface area contributed by atoms with E-state index >= 15 is 0 Å². The Morgan fingerprint density at radius 3 is 2.61 bits per heavy atom. The van der Waals surface area contributed by atoms with Crippen LogP contribution in [0, 0.1) is 0 Å². The van der Waals surface area contributed by atoms with Gasteiger partial charge in [-0.3, -0.25) is 9.78 Å². The summed E-state index contributed by atoms with van der Waals surface area (Å²) in [5, 5.41) is 0. The van der Waals surface area contributed by atoms with E-state index in [0.29, 0.717) is 6.54 Å². The first kappa shape index (κ1) is 16.7. The Labute approximate surface area is 137 Å². The minimum absolute atomic E-state index is 0.0116. The maximum Gasteiger partial charge on any atom is 0.246 e. The lowest BCUT2D eigenvalue weighted by Crippen LogP contribution is -2.27. The van der Waals surface area contributed by atoms with Crippen LogP contribution in [-0.2, 0) is 11.2 Å². The number of likely N-dealkylation sites (N-methyl/N-ethyl adjacent to an activating group) is 1. The number of methoxy groups -OCH3 is 1. The fourth-order valence-corrected chi connectivity index (χ4v) is 2.30. The van der Waals surface area contributed by atoms with Crippen molar-refractivity contribution in [3.63, 3.8) is 0 Å². The van der Waals surface area contributed by atoms with E-state index in [0.717, 1.165) is 23.3 Å². The van der Waals surface area contributed by atoms with Gasteiger partial charge in [-0.1, -0.05) is 18.2 Å². The number of allylic oxidation sites excluding steroid dienone is 1. The summed E-state index contributed by atoms with van der Waals surface area (Å²) >= 11 is 0. The van der Waals surface area contributed by atoms with E-state index in [1.54, 1.807) is 30.5 Å². The molecule has 1 aromatic carbocycles. The van der Waals surface area contributed by atoms with Gasteiger partial charge in [0.1, 0.15) is 5.75 Å². The van der Waals surface area contributed by atoms with Gasteiger partial charge in [-0.25, -0.2) is 0 Å². The zero-order valence-electron chi connectivity index (χ0n) is 13.8. The Balaban J connectivity index is 2.01. The van der Waals surface area contributed by atoms with Gasteiger partial charge in [-0.2, -0.15) is 0 Å². The number of para-hydroxylation sites is 1. The predicted molar refractivity (Wildman–Crippen MR) is 92.2 cm³/mol. The van der Waals surface area contributed by atoms with Gasteiger partial charge < -0.3 is 9.64 Å². The SMILES string of the molecule is COc1ccccc1/C(C)=C\C(=O)N(C)CCc1ccncc1. The predicted octanol–water partition coefficient (Wildman–Crippen LogP) is 3.19. The molecule has 0 fully saturated rings. The second-order valence-electron chi connectivity index (χ2n) is 5.39. The molecule has 1 heterocycles. The molecule has 4 heteroatoms. The van der Waals surface area contributed by atoms with E-state index in [4.69, 9.17) is 4.74 Å².